The number of likely N-dealkylation sites (N-methyl/N-ethyl adjacent to an activating group) is 1. The number of H-pyrrole nitrogens is 1. The van der Waals surface area contributed by atoms with Gasteiger partial charge < -0.3 is 45.9 Å². The average molecular weight is 1070 g/mol. The normalized spacial score (nSPS) is 18.5. The number of alkyl halides is 3. The van der Waals surface area contributed by atoms with Gasteiger partial charge in [0.15, 0.2) is 0 Å². The first kappa shape index (κ1) is 56.7. The molecule has 2 saturated heterocycles. The molecule has 0 bridgehead atoms. The number of piperazine rings is 1. The highest BCUT2D eigenvalue weighted by molar-refractivity contribution is 7.13. The summed E-state index contributed by atoms with van der Waals surface area (Å²) in [6, 6.07) is 14.4. The van der Waals surface area contributed by atoms with Crippen molar-refractivity contribution in [2.75, 3.05) is 56.7 Å². The van der Waals surface area contributed by atoms with Gasteiger partial charge in [-0.3, -0.25) is 33.7 Å². The Morgan fingerprint density at radius 2 is 1.61 bits per heavy atom. The zero-order valence-electron chi connectivity index (χ0n) is 43.3. The Morgan fingerprint density at radius 1 is 0.908 bits per heavy atom. The highest BCUT2D eigenvalue weighted by Gasteiger charge is 2.44. The van der Waals surface area contributed by atoms with Crippen molar-refractivity contribution in [2.24, 2.45) is 5.41 Å². The molecule has 17 nitrogen and oxygen atoms in total. The number of rotatable bonds is 17. The number of anilines is 2. The third kappa shape index (κ3) is 13.7. The first-order valence-electron chi connectivity index (χ1n) is 24.8. The standard InChI is InChI=1S/C54H63F4N9O8S/c1-30-26-66(27-31(2)65(30)7)43-15-13-35(21-42(43)63-50(72)39-25-60-46(70)23-40(39)54(56,57)58)38-20-36(12-14-41(38)55)49(71)59-17-19-75-18-16-45(69)64-48(53(4,5)6)52(74)67-28-37(68)22-44(67)51(73)61-24-33-8-10-34(11-9-33)47-32(3)62-29-76-47/h8-15,20-21,23,25,29-31,37,44,48,68H,16-19,22,24,26-28H2,1-7H3,(H,59,71)(H,60,70)(H,61,73)(H,63,72)(H,64,69)/t30-,31+,37-,44+,48?/m1/s1. The molecule has 2 fully saturated rings. The minimum absolute atomic E-state index is 0.00766. The summed E-state index contributed by atoms with van der Waals surface area (Å²) in [5, 5.41) is 21.5. The Kier molecular flexibility index (Phi) is 17.8. The number of carbonyl (C=O) groups is 5. The molecule has 7 rings (SSSR count). The quantitative estimate of drug-likeness (QED) is 0.0445. The highest BCUT2D eigenvalue weighted by atomic mass is 32.1. The molecule has 22 heteroatoms. The molecule has 5 amide bonds. The van der Waals surface area contributed by atoms with E-state index in [1.165, 1.54) is 23.1 Å². The summed E-state index contributed by atoms with van der Waals surface area (Å²) in [4.78, 5) is 92.5. The number of aryl methyl sites for hydroxylation is 1. The predicted octanol–water partition coefficient (Wildman–Crippen LogP) is 6.36. The number of aliphatic hydroxyl groups is 1. The second kappa shape index (κ2) is 23.9. The molecule has 406 valence electrons. The molecule has 2 aromatic heterocycles. The largest absolute Gasteiger partial charge is 0.417 e. The van der Waals surface area contributed by atoms with E-state index in [-0.39, 0.29) is 80.2 Å². The fraction of sp³-hybridized carbons (Fsp3) is 0.426. The number of nitrogens with zero attached hydrogens (tertiary/aromatic N) is 4. The Hall–Kier alpha value is -7.01. The Balaban J connectivity index is 0.934. The summed E-state index contributed by atoms with van der Waals surface area (Å²) in [6.07, 6.45) is -5.38. The fourth-order valence-corrected chi connectivity index (χ4v) is 10.1. The number of carbonyl (C=O) groups excluding carboxylic acids is 5. The number of likely N-dealkylation sites (tertiary alicyclic amines) is 1. The average Bonchev–Trinajstić information content (AvgIpc) is 4.00. The summed E-state index contributed by atoms with van der Waals surface area (Å²) in [6.45, 7) is 12.3. The molecule has 1 unspecified atom stereocenters. The maximum absolute atomic E-state index is 15.6. The molecule has 2 aliphatic heterocycles. The summed E-state index contributed by atoms with van der Waals surface area (Å²) in [7, 11) is 1.97. The monoisotopic (exact) mass is 1070 g/mol. The van der Waals surface area contributed by atoms with Crippen molar-refractivity contribution in [3.05, 3.63) is 123 Å². The molecule has 76 heavy (non-hydrogen) atoms. The molecular weight excluding hydrogens is 1010 g/mol. The zero-order valence-corrected chi connectivity index (χ0v) is 44.1. The van der Waals surface area contributed by atoms with Crippen LogP contribution >= 0.6 is 11.3 Å². The number of pyridine rings is 1. The number of hydrogen-bond acceptors (Lipinski definition) is 12. The molecule has 0 saturated carbocycles. The number of halogens is 4. The highest BCUT2D eigenvalue weighted by Crippen LogP contribution is 2.37. The second-order valence-corrected chi connectivity index (χ2v) is 21.2. The number of aromatic nitrogens is 2. The van der Waals surface area contributed by atoms with E-state index in [0.29, 0.717) is 31.0 Å². The van der Waals surface area contributed by atoms with Gasteiger partial charge in [-0.1, -0.05) is 51.1 Å². The molecule has 0 radical (unpaired) electrons. The number of β-amino-alcohol motifs (C(OH)–C–C–N with tert-alkyl or cyclic N) is 1. The van der Waals surface area contributed by atoms with Crippen LogP contribution in [0.5, 0.6) is 0 Å². The van der Waals surface area contributed by atoms with E-state index in [0.717, 1.165) is 27.8 Å². The maximum Gasteiger partial charge on any atom is 0.417 e. The number of benzene rings is 3. The van der Waals surface area contributed by atoms with Crippen molar-refractivity contribution in [3.63, 3.8) is 0 Å². The van der Waals surface area contributed by atoms with E-state index in [4.69, 9.17) is 4.74 Å². The molecule has 5 aromatic rings. The molecular formula is C54H63F4N9O8S. The Bertz CT molecular complexity index is 2990. The molecule has 0 aliphatic carbocycles. The number of ether oxygens (including phenoxy) is 1. The van der Waals surface area contributed by atoms with Crippen molar-refractivity contribution in [3.8, 4) is 21.6 Å². The number of aliphatic hydroxyl groups excluding tert-OH is 1. The van der Waals surface area contributed by atoms with Crippen LogP contribution in [0.2, 0.25) is 0 Å². The fourth-order valence-electron chi connectivity index (χ4n) is 9.27. The number of amides is 5. The van der Waals surface area contributed by atoms with E-state index < -0.39 is 81.8 Å². The third-order valence-electron chi connectivity index (χ3n) is 13.7. The van der Waals surface area contributed by atoms with Crippen molar-refractivity contribution < 1.29 is 51.4 Å². The summed E-state index contributed by atoms with van der Waals surface area (Å²) in [5.41, 5.74) is 1.26. The van der Waals surface area contributed by atoms with Crippen LogP contribution in [0.15, 0.2) is 83.2 Å². The van der Waals surface area contributed by atoms with Crippen molar-refractivity contribution in [1.29, 1.82) is 0 Å². The van der Waals surface area contributed by atoms with Crippen LogP contribution in [0.3, 0.4) is 0 Å². The van der Waals surface area contributed by atoms with Crippen LogP contribution in [0, 0.1) is 18.2 Å². The zero-order chi connectivity index (χ0) is 55.2. The van der Waals surface area contributed by atoms with Crippen LogP contribution in [-0.2, 0) is 31.8 Å². The van der Waals surface area contributed by atoms with E-state index in [2.05, 4.69) is 36.1 Å². The molecule has 2 aliphatic rings. The van der Waals surface area contributed by atoms with Crippen molar-refractivity contribution in [2.45, 2.75) is 97.4 Å². The summed E-state index contributed by atoms with van der Waals surface area (Å²) < 4.78 is 63.3. The van der Waals surface area contributed by atoms with Gasteiger partial charge in [0, 0.05) is 81.0 Å². The molecule has 6 N–H and O–H groups in total. The van der Waals surface area contributed by atoms with Crippen LogP contribution < -0.4 is 31.7 Å². The Labute approximate surface area is 441 Å². The number of aromatic amines is 1. The van der Waals surface area contributed by atoms with E-state index >= 15 is 4.39 Å². The lowest BCUT2D eigenvalue weighted by molar-refractivity contribution is -0.144. The van der Waals surface area contributed by atoms with Gasteiger partial charge in [0.05, 0.1) is 57.9 Å². The van der Waals surface area contributed by atoms with E-state index in [1.807, 2.05) is 57.0 Å². The Morgan fingerprint density at radius 3 is 2.26 bits per heavy atom. The van der Waals surface area contributed by atoms with Crippen LogP contribution in [-0.4, -0.2) is 131 Å². The lowest BCUT2D eigenvalue weighted by atomic mass is 9.85. The van der Waals surface area contributed by atoms with Crippen LogP contribution in [0.4, 0.5) is 28.9 Å². The molecule has 0 spiro atoms. The van der Waals surface area contributed by atoms with Gasteiger partial charge in [-0.05, 0) is 80.3 Å². The first-order chi connectivity index (χ1) is 35.9. The number of thiazole rings is 1. The van der Waals surface area contributed by atoms with Gasteiger partial charge >= 0.3 is 6.18 Å². The lowest BCUT2D eigenvalue weighted by Gasteiger charge is -2.44. The van der Waals surface area contributed by atoms with Gasteiger partial charge in [-0.15, -0.1) is 11.3 Å². The maximum atomic E-state index is 15.6. The SMILES string of the molecule is Cc1ncsc1-c1ccc(CNC(=O)[C@@H]2C[C@@H](O)CN2C(=O)C(NC(=O)CCOCCNC(=O)c2ccc(F)c(-c3ccc(N4C[C@@H](C)N(C)[C@@H](C)C4)c(NC(=O)c4c[nH]c(=O)cc4C(F)(F)F)c3)c2)C(C)(C)C)cc1. The summed E-state index contributed by atoms with van der Waals surface area (Å²) in [5.74, 6) is -3.92. The first-order valence-corrected chi connectivity index (χ1v) is 25.7. The predicted molar refractivity (Wildman–Crippen MR) is 280 cm³/mol. The van der Waals surface area contributed by atoms with E-state index in [9.17, 15) is 47.0 Å². The van der Waals surface area contributed by atoms with Gasteiger partial charge in [0.25, 0.3) is 11.8 Å². The van der Waals surface area contributed by atoms with Gasteiger partial charge in [-0.25, -0.2) is 9.37 Å². The second-order valence-electron chi connectivity index (χ2n) is 20.3. The van der Waals surface area contributed by atoms with Crippen molar-refractivity contribution in [1.82, 2.24) is 35.7 Å². The summed E-state index contributed by atoms with van der Waals surface area (Å²) >= 11 is 1.54. The number of hydrogen-bond donors (Lipinski definition) is 6. The molecule has 5 atom stereocenters. The molecule has 4 heterocycles. The van der Waals surface area contributed by atoms with Crippen LogP contribution in [0.1, 0.15) is 85.0 Å². The van der Waals surface area contributed by atoms with Gasteiger partial charge in [0.2, 0.25) is 23.3 Å². The van der Waals surface area contributed by atoms with Gasteiger partial charge in [-0.2, -0.15) is 13.2 Å². The minimum Gasteiger partial charge on any atom is -0.391 e. The van der Waals surface area contributed by atoms with Gasteiger partial charge in [0.1, 0.15) is 17.9 Å². The van der Waals surface area contributed by atoms with E-state index in [1.54, 1.807) is 49.8 Å². The molecule has 3 aromatic carbocycles. The number of nitrogens with one attached hydrogen (secondary N) is 5. The van der Waals surface area contributed by atoms with Crippen molar-refractivity contribution >= 4 is 52.2 Å². The van der Waals surface area contributed by atoms with Crippen LogP contribution in [0.25, 0.3) is 21.6 Å². The minimum atomic E-state index is -5.02. The smallest absolute Gasteiger partial charge is 0.391 e. The topological polar surface area (TPSA) is 218 Å². The lowest BCUT2D eigenvalue weighted by Crippen LogP contribution is -2.57. The third-order valence-corrected chi connectivity index (χ3v) is 14.7.